The predicted octanol–water partition coefficient (Wildman–Crippen LogP) is 6.11. The zero-order valence-electron chi connectivity index (χ0n) is 18.5. The number of unbranched alkanes of at least 4 members (excludes halogenated alkanes) is 1. The van der Waals surface area contributed by atoms with Gasteiger partial charge in [0, 0.05) is 11.8 Å². The molecule has 32 heavy (non-hydrogen) atoms. The van der Waals surface area contributed by atoms with Gasteiger partial charge in [0.05, 0.1) is 13.7 Å². The fourth-order valence-electron chi connectivity index (χ4n) is 2.97. The van der Waals surface area contributed by atoms with Gasteiger partial charge in [0.15, 0.2) is 11.5 Å². The first-order valence-corrected chi connectivity index (χ1v) is 10.7. The predicted molar refractivity (Wildman–Crippen MR) is 128 cm³/mol. The zero-order chi connectivity index (χ0) is 22.6. The highest BCUT2D eigenvalue weighted by Gasteiger charge is 2.06. The second-order valence-electron chi connectivity index (χ2n) is 7.23. The molecule has 3 rings (SSSR count). The molecule has 0 unspecified atom stereocenters. The molecule has 5 heteroatoms. The first-order valence-electron chi connectivity index (χ1n) is 10.7. The third-order valence-electron chi connectivity index (χ3n) is 4.74. The molecule has 1 amide bonds. The van der Waals surface area contributed by atoms with Gasteiger partial charge in [0.2, 0.25) is 5.91 Å². The summed E-state index contributed by atoms with van der Waals surface area (Å²) in [7, 11) is 1.60. The van der Waals surface area contributed by atoms with E-state index in [0.717, 1.165) is 29.7 Å². The summed E-state index contributed by atoms with van der Waals surface area (Å²) in [6.07, 6.45) is 5.34. The van der Waals surface area contributed by atoms with Gasteiger partial charge in [-0.1, -0.05) is 49.7 Å². The fourth-order valence-corrected chi connectivity index (χ4v) is 2.97. The molecule has 0 fully saturated rings. The van der Waals surface area contributed by atoms with Crippen LogP contribution in [0.1, 0.15) is 30.9 Å². The van der Waals surface area contributed by atoms with Crippen molar-refractivity contribution in [1.29, 1.82) is 0 Å². The Hall–Kier alpha value is -3.73. The van der Waals surface area contributed by atoms with E-state index in [1.807, 2.05) is 72.8 Å². The maximum absolute atomic E-state index is 12.3. The van der Waals surface area contributed by atoms with Crippen LogP contribution >= 0.6 is 0 Å². The molecular weight excluding hydrogens is 402 g/mol. The Kier molecular flexibility index (Phi) is 8.75. The molecule has 0 saturated carbocycles. The standard InChI is InChI=1S/C27H29NO4/c1-3-4-18-31-24-14-12-23(13-15-24)28-27(29)17-11-21-10-16-25(26(19-21)30-2)32-20-22-8-6-5-7-9-22/h5-17,19H,3-4,18,20H2,1-2H3,(H,28,29)/b17-11+. The number of nitrogens with one attached hydrogen (secondary N) is 1. The monoisotopic (exact) mass is 431 g/mol. The Morgan fingerprint density at radius 3 is 2.44 bits per heavy atom. The highest BCUT2D eigenvalue weighted by Crippen LogP contribution is 2.29. The number of carbonyl (C=O) groups excluding carboxylic acids is 1. The lowest BCUT2D eigenvalue weighted by Gasteiger charge is -2.11. The Balaban J connectivity index is 1.55. The van der Waals surface area contributed by atoms with E-state index in [1.165, 1.54) is 6.08 Å². The molecule has 3 aromatic carbocycles. The van der Waals surface area contributed by atoms with E-state index in [-0.39, 0.29) is 5.91 Å². The van der Waals surface area contributed by atoms with E-state index in [0.29, 0.717) is 30.4 Å². The van der Waals surface area contributed by atoms with Crippen molar-refractivity contribution in [2.45, 2.75) is 26.4 Å². The largest absolute Gasteiger partial charge is 0.494 e. The van der Waals surface area contributed by atoms with Gasteiger partial charge in [-0.25, -0.2) is 0 Å². The van der Waals surface area contributed by atoms with E-state index in [2.05, 4.69) is 12.2 Å². The molecule has 3 aromatic rings. The van der Waals surface area contributed by atoms with Crippen molar-refractivity contribution in [1.82, 2.24) is 0 Å². The molecule has 0 heterocycles. The molecule has 0 atom stereocenters. The molecule has 0 saturated heterocycles. The van der Waals surface area contributed by atoms with Gasteiger partial charge in [-0.2, -0.15) is 0 Å². The number of anilines is 1. The van der Waals surface area contributed by atoms with Crippen LogP contribution in [0.4, 0.5) is 5.69 Å². The van der Waals surface area contributed by atoms with Crippen LogP contribution in [0.15, 0.2) is 78.9 Å². The number of hydrogen-bond donors (Lipinski definition) is 1. The van der Waals surface area contributed by atoms with Gasteiger partial charge in [-0.15, -0.1) is 0 Å². The average Bonchev–Trinajstić information content (AvgIpc) is 2.83. The molecule has 5 nitrogen and oxygen atoms in total. The molecule has 0 bridgehead atoms. The quantitative estimate of drug-likeness (QED) is 0.294. The number of rotatable bonds is 11. The van der Waals surface area contributed by atoms with Crippen LogP contribution in [0.3, 0.4) is 0 Å². The molecule has 0 aliphatic carbocycles. The lowest BCUT2D eigenvalue weighted by Crippen LogP contribution is -2.07. The maximum Gasteiger partial charge on any atom is 0.248 e. The average molecular weight is 432 g/mol. The third-order valence-corrected chi connectivity index (χ3v) is 4.74. The molecule has 166 valence electrons. The van der Waals surface area contributed by atoms with Crippen LogP contribution in [-0.2, 0) is 11.4 Å². The SMILES string of the molecule is CCCCOc1ccc(NC(=O)/C=C/c2ccc(OCc3ccccc3)c(OC)c2)cc1. The highest BCUT2D eigenvalue weighted by atomic mass is 16.5. The van der Waals surface area contributed by atoms with E-state index in [9.17, 15) is 4.79 Å². The Bertz CT molecular complexity index is 1010. The number of amides is 1. The minimum atomic E-state index is -0.215. The van der Waals surface area contributed by atoms with Crippen LogP contribution in [0.5, 0.6) is 17.2 Å². The van der Waals surface area contributed by atoms with E-state index in [4.69, 9.17) is 14.2 Å². The molecule has 0 aliphatic rings. The van der Waals surface area contributed by atoms with Crippen LogP contribution in [0, 0.1) is 0 Å². The summed E-state index contributed by atoms with van der Waals surface area (Å²) in [6, 6.07) is 22.9. The normalized spacial score (nSPS) is 10.7. The van der Waals surface area contributed by atoms with Crippen molar-refractivity contribution in [2.24, 2.45) is 0 Å². The Morgan fingerprint density at radius 1 is 0.938 bits per heavy atom. The maximum atomic E-state index is 12.3. The summed E-state index contributed by atoms with van der Waals surface area (Å²) in [5.74, 6) is 1.85. The van der Waals surface area contributed by atoms with Gasteiger partial charge in [0.1, 0.15) is 12.4 Å². The fraction of sp³-hybridized carbons (Fsp3) is 0.222. The summed E-state index contributed by atoms with van der Waals surface area (Å²) in [5, 5.41) is 2.85. The molecule has 0 aromatic heterocycles. The molecular formula is C27H29NO4. The number of hydrogen-bond acceptors (Lipinski definition) is 4. The van der Waals surface area contributed by atoms with Crippen LogP contribution in [0.25, 0.3) is 6.08 Å². The van der Waals surface area contributed by atoms with Crippen molar-refractivity contribution in [3.63, 3.8) is 0 Å². The van der Waals surface area contributed by atoms with E-state index >= 15 is 0 Å². The summed E-state index contributed by atoms with van der Waals surface area (Å²) < 4.78 is 17.0. The lowest BCUT2D eigenvalue weighted by molar-refractivity contribution is -0.111. The molecule has 0 aliphatic heterocycles. The van der Waals surface area contributed by atoms with Gasteiger partial charge in [-0.05, 0) is 60.0 Å². The van der Waals surface area contributed by atoms with Crippen molar-refractivity contribution >= 4 is 17.7 Å². The number of benzene rings is 3. The zero-order valence-corrected chi connectivity index (χ0v) is 18.5. The van der Waals surface area contributed by atoms with Crippen molar-refractivity contribution < 1.29 is 19.0 Å². The van der Waals surface area contributed by atoms with Crippen LogP contribution < -0.4 is 19.5 Å². The van der Waals surface area contributed by atoms with Crippen LogP contribution in [-0.4, -0.2) is 19.6 Å². The van der Waals surface area contributed by atoms with Crippen molar-refractivity contribution in [2.75, 3.05) is 19.0 Å². The minimum absolute atomic E-state index is 0.215. The molecule has 1 N–H and O–H groups in total. The molecule has 0 radical (unpaired) electrons. The third kappa shape index (κ3) is 7.20. The summed E-state index contributed by atoms with van der Waals surface area (Å²) in [4.78, 5) is 12.3. The first-order chi connectivity index (χ1) is 15.7. The highest BCUT2D eigenvalue weighted by molar-refractivity contribution is 6.01. The van der Waals surface area contributed by atoms with E-state index in [1.54, 1.807) is 13.2 Å². The van der Waals surface area contributed by atoms with Gasteiger partial charge >= 0.3 is 0 Å². The second-order valence-corrected chi connectivity index (χ2v) is 7.23. The first kappa shape index (κ1) is 22.9. The number of carbonyl (C=O) groups is 1. The number of ether oxygens (including phenoxy) is 3. The van der Waals surface area contributed by atoms with Gasteiger partial charge < -0.3 is 19.5 Å². The smallest absolute Gasteiger partial charge is 0.248 e. The minimum Gasteiger partial charge on any atom is -0.494 e. The summed E-state index contributed by atoms with van der Waals surface area (Å²) in [6.45, 7) is 3.28. The van der Waals surface area contributed by atoms with Crippen molar-refractivity contribution in [3.8, 4) is 17.2 Å². The van der Waals surface area contributed by atoms with Gasteiger partial charge in [-0.3, -0.25) is 4.79 Å². The Morgan fingerprint density at radius 2 is 1.72 bits per heavy atom. The van der Waals surface area contributed by atoms with Crippen molar-refractivity contribution in [3.05, 3.63) is 90.0 Å². The van der Waals surface area contributed by atoms with E-state index < -0.39 is 0 Å². The lowest BCUT2D eigenvalue weighted by atomic mass is 10.2. The topological polar surface area (TPSA) is 56.8 Å². The summed E-state index contributed by atoms with van der Waals surface area (Å²) in [5.41, 5.74) is 2.63. The molecule has 0 spiro atoms. The van der Waals surface area contributed by atoms with Gasteiger partial charge in [0.25, 0.3) is 0 Å². The van der Waals surface area contributed by atoms with Crippen LogP contribution in [0.2, 0.25) is 0 Å². The number of methoxy groups -OCH3 is 1. The summed E-state index contributed by atoms with van der Waals surface area (Å²) >= 11 is 0. The Labute approximate surface area is 189 Å². The second kappa shape index (κ2) is 12.2.